The first kappa shape index (κ1) is 15.2. The molecule has 1 aromatic heterocycles. The van der Waals surface area contributed by atoms with Gasteiger partial charge in [0.2, 0.25) is 0 Å². The molecule has 7 nitrogen and oxygen atoms in total. The van der Waals surface area contributed by atoms with Crippen LogP contribution >= 0.6 is 0 Å². The van der Waals surface area contributed by atoms with Gasteiger partial charge in [-0.15, -0.1) is 5.10 Å². The Morgan fingerprint density at radius 3 is 2.65 bits per heavy atom. The number of carboxylic acid groups (broad SMARTS) is 1. The van der Waals surface area contributed by atoms with Gasteiger partial charge in [-0.1, -0.05) is 24.5 Å². The number of nitrogens with zero attached hydrogens (tertiary/aromatic N) is 3. The van der Waals surface area contributed by atoms with Crippen molar-refractivity contribution in [2.45, 2.75) is 38.0 Å². The topological polar surface area (TPSA) is 105 Å². The monoisotopic (exact) mass is 315 g/mol. The predicted octanol–water partition coefficient (Wildman–Crippen LogP) is 2.53. The van der Waals surface area contributed by atoms with Crippen LogP contribution in [-0.4, -0.2) is 37.5 Å². The number of rotatable bonds is 4. The van der Waals surface area contributed by atoms with E-state index in [9.17, 15) is 14.7 Å². The smallest absolute Gasteiger partial charge is 0.339 e. The Morgan fingerprint density at radius 1 is 1.26 bits per heavy atom. The maximum atomic E-state index is 11.3. The highest BCUT2D eigenvalue weighted by molar-refractivity contribution is 5.91. The summed E-state index contributed by atoms with van der Waals surface area (Å²) in [4.78, 5) is 22.5. The third-order valence-electron chi connectivity index (χ3n) is 4.29. The lowest BCUT2D eigenvalue weighted by atomic mass is 9.86. The van der Waals surface area contributed by atoms with Gasteiger partial charge in [-0.2, -0.15) is 0 Å². The van der Waals surface area contributed by atoms with Gasteiger partial charge < -0.3 is 10.2 Å². The number of hydrogen-bond donors (Lipinski definition) is 2. The van der Waals surface area contributed by atoms with Gasteiger partial charge in [-0.25, -0.2) is 9.48 Å². The summed E-state index contributed by atoms with van der Waals surface area (Å²) >= 11 is 0. The molecule has 1 aliphatic carbocycles. The predicted molar refractivity (Wildman–Crippen MR) is 81.2 cm³/mol. The molecular weight excluding hydrogens is 298 g/mol. The van der Waals surface area contributed by atoms with Gasteiger partial charge in [-0.3, -0.25) is 4.79 Å². The fourth-order valence-electron chi connectivity index (χ4n) is 3.16. The van der Waals surface area contributed by atoms with Crippen LogP contribution in [0.5, 0.6) is 5.75 Å². The van der Waals surface area contributed by atoms with E-state index in [1.54, 1.807) is 6.07 Å². The minimum atomic E-state index is -1.22. The lowest BCUT2D eigenvalue weighted by molar-refractivity contribution is 0.0693. The summed E-state index contributed by atoms with van der Waals surface area (Å²) in [6.07, 6.45) is 5.95. The Morgan fingerprint density at radius 2 is 2.00 bits per heavy atom. The SMILES string of the molecule is O=Cc1nnn(-c2ccc(O)c(C(=O)O)c2)c1C1CCCCC1. The summed E-state index contributed by atoms with van der Waals surface area (Å²) in [5.74, 6) is -1.35. The van der Waals surface area contributed by atoms with Crippen molar-refractivity contribution < 1.29 is 19.8 Å². The number of aldehydes is 1. The van der Waals surface area contributed by atoms with E-state index < -0.39 is 5.97 Å². The van der Waals surface area contributed by atoms with Crippen molar-refractivity contribution in [3.8, 4) is 11.4 Å². The van der Waals surface area contributed by atoms with Crippen molar-refractivity contribution in [2.75, 3.05) is 0 Å². The standard InChI is InChI=1S/C16H17N3O4/c20-9-13-15(10-4-2-1-3-5-10)19(18-17-13)11-6-7-14(21)12(8-11)16(22)23/h6-10,21H,1-5H2,(H,22,23). The average Bonchev–Trinajstić information content (AvgIpc) is 2.99. The van der Waals surface area contributed by atoms with E-state index in [2.05, 4.69) is 10.3 Å². The molecule has 0 spiro atoms. The molecule has 0 aliphatic heterocycles. The van der Waals surface area contributed by atoms with E-state index in [-0.39, 0.29) is 17.2 Å². The minimum Gasteiger partial charge on any atom is -0.507 e. The summed E-state index contributed by atoms with van der Waals surface area (Å²) < 4.78 is 1.52. The van der Waals surface area contributed by atoms with E-state index in [4.69, 9.17) is 5.11 Å². The van der Waals surface area contributed by atoms with E-state index in [0.29, 0.717) is 17.7 Å². The second-order valence-corrected chi connectivity index (χ2v) is 5.73. The van der Waals surface area contributed by atoms with E-state index >= 15 is 0 Å². The van der Waals surface area contributed by atoms with Crippen LogP contribution in [0.25, 0.3) is 5.69 Å². The van der Waals surface area contributed by atoms with E-state index in [1.807, 2.05) is 0 Å². The number of aromatic nitrogens is 3. The molecule has 2 N–H and O–H groups in total. The molecule has 1 aromatic carbocycles. The summed E-state index contributed by atoms with van der Waals surface area (Å²) in [5, 5.41) is 26.7. The molecule has 23 heavy (non-hydrogen) atoms. The van der Waals surface area contributed by atoms with Crippen LogP contribution < -0.4 is 0 Å². The second-order valence-electron chi connectivity index (χ2n) is 5.73. The first-order chi connectivity index (χ1) is 11.1. The molecule has 120 valence electrons. The molecule has 1 saturated carbocycles. The first-order valence-electron chi connectivity index (χ1n) is 7.59. The quantitative estimate of drug-likeness (QED) is 0.840. The maximum Gasteiger partial charge on any atom is 0.339 e. The fourth-order valence-corrected chi connectivity index (χ4v) is 3.16. The molecule has 0 bridgehead atoms. The van der Waals surface area contributed by atoms with Gasteiger partial charge in [-0.05, 0) is 31.0 Å². The molecule has 0 atom stereocenters. The van der Waals surface area contributed by atoms with Crippen LogP contribution in [0.15, 0.2) is 18.2 Å². The highest BCUT2D eigenvalue weighted by Crippen LogP contribution is 2.35. The summed E-state index contributed by atoms with van der Waals surface area (Å²) in [6, 6.07) is 4.22. The van der Waals surface area contributed by atoms with Crippen molar-refractivity contribution in [3.63, 3.8) is 0 Å². The zero-order valence-electron chi connectivity index (χ0n) is 12.5. The molecule has 1 aliphatic rings. The molecule has 1 heterocycles. The highest BCUT2D eigenvalue weighted by Gasteiger charge is 2.25. The number of aromatic carboxylic acids is 1. The van der Waals surface area contributed by atoms with Crippen molar-refractivity contribution in [1.82, 2.24) is 15.0 Å². The largest absolute Gasteiger partial charge is 0.507 e. The third-order valence-corrected chi connectivity index (χ3v) is 4.29. The van der Waals surface area contributed by atoms with Gasteiger partial charge in [0.15, 0.2) is 6.29 Å². The number of hydrogen-bond acceptors (Lipinski definition) is 5. The van der Waals surface area contributed by atoms with Crippen molar-refractivity contribution in [1.29, 1.82) is 0 Å². The lowest BCUT2D eigenvalue weighted by Gasteiger charge is -2.22. The average molecular weight is 315 g/mol. The first-order valence-corrected chi connectivity index (χ1v) is 7.59. The Bertz CT molecular complexity index is 748. The van der Waals surface area contributed by atoms with Gasteiger partial charge >= 0.3 is 5.97 Å². The van der Waals surface area contributed by atoms with Crippen LogP contribution in [0, 0.1) is 0 Å². The highest BCUT2D eigenvalue weighted by atomic mass is 16.4. The summed E-state index contributed by atoms with van der Waals surface area (Å²) in [5.41, 5.74) is 1.28. The van der Waals surface area contributed by atoms with Crippen molar-refractivity contribution >= 4 is 12.3 Å². The van der Waals surface area contributed by atoms with Crippen LogP contribution in [0.4, 0.5) is 0 Å². The Hall–Kier alpha value is -2.70. The van der Waals surface area contributed by atoms with Crippen LogP contribution in [0.2, 0.25) is 0 Å². The van der Waals surface area contributed by atoms with Gasteiger partial charge in [0, 0.05) is 5.92 Å². The Kier molecular flexibility index (Phi) is 4.10. The van der Waals surface area contributed by atoms with Crippen molar-refractivity contribution in [3.05, 3.63) is 35.2 Å². The number of carbonyl (C=O) groups is 2. The van der Waals surface area contributed by atoms with Crippen LogP contribution in [0.1, 0.15) is 64.6 Å². The van der Waals surface area contributed by atoms with Crippen LogP contribution in [0.3, 0.4) is 0 Å². The molecular formula is C16H17N3O4. The number of carbonyl (C=O) groups excluding carboxylic acids is 1. The second kappa shape index (κ2) is 6.20. The molecule has 3 rings (SSSR count). The van der Waals surface area contributed by atoms with Crippen molar-refractivity contribution in [2.24, 2.45) is 0 Å². The van der Waals surface area contributed by atoms with Gasteiger partial charge in [0.05, 0.1) is 11.4 Å². The Balaban J connectivity index is 2.09. The van der Waals surface area contributed by atoms with E-state index in [1.165, 1.54) is 23.2 Å². The molecule has 2 aromatic rings. The molecule has 7 heteroatoms. The molecule has 0 saturated heterocycles. The molecule has 0 unspecified atom stereocenters. The number of phenols is 1. The minimum absolute atomic E-state index is 0.182. The zero-order valence-corrected chi connectivity index (χ0v) is 12.5. The van der Waals surface area contributed by atoms with Crippen LogP contribution in [-0.2, 0) is 0 Å². The summed E-state index contributed by atoms with van der Waals surface area (Å²) in [6.45, 7) is 0. The molecule has 0 radical (unpaired) electrons. The third kappa shape index (κ3) is 2.81. The Labute approximate surface area is 132 Å². The zero-order chi connectivity index (χ0) is 16.4. The maximum absolute atomic E-state index is 11.3. The fraction of sp³-hybridized carbons (Fsp3) is 0.375. The van der Waals surface area contributed by atoms with Gasteiger partial charge in [0.25, 0.3) is 0 Å². The summed E-state index contributed by atoms with van der Waals surface area (Å²) in [7, 11) is 0. The normalized spacial score (nSPS) is 15.5. The number of aromatic hydroxyl groups is 1. The number of benzene rings is 1. The van der Waals surface area contributed by atoms with E-state index in [0.717, 1.165) is 31.4 Å². The molecule has 0 amide bonds. The van der Waals surface area contributed by atoms with Gasteiger partial charge in [0.1, 0.15) is 17.0 Å². The molecule has 1 fully saturated rings. The number of carboxylic acids is 1. The lowest BCUT2D eigenvalue weighted by Crippen LogP contribution is -2.13.